The molecule has 4 N–H and O–H groups in total. The summed E-state index contributed by atoms with van der Waals surface area (Å²) in [7, 11) is 0. The smallest absolute Gasteiger partial charge is 0.189 e. The second-order valence-corrected chi connectivity index (χ2v) is 4.76. The number of hydrogen-bond donors (Lipinski definition) is 3. The van der Waals surface area contributed by atoms with Crippen LogP contribution in [0.3, 0.4) is 0 Å². The Morgan fingerprint density at radius 2 is 2.44 bits per heavy atom. The van der Waals surface area contributed by atoms with Gasteiger partial charge in [-0.05, 0) is 18.6 Å². The van der Waals surface area contributed by atoms with Crippen LogP contribution in [-0.4, -0.2) is 33.0 Å². The maximum absolute atomic E-state index is 8.82. The first kappa shape index (κ1) is 12.8. The molecule has 88 valence electrons. The summed E-state index contributed by atoms with van der Waals surface area (Å²) in [4.78, 5) is 4.91. The van der Waals surface area contributed by atoms with Crippen LogP contribution in [0.5, 0.6) is 0 Å². The highest BCUT2D eigenvalue weighted by Crippen LogP contribution is 2.26. The largest absolute Gasteiger partial charge is 0.409 e. The highest BCUT2D eigenvalue weighted by Gasteiger charge is 2.11. The van der Waals surface area contributed by atoms with Gasteiger partial charge in [0.1, 0.15) is 5.69 Å². The van der Waals surface area contributed by atoms with Gasteiger partial charge in [-0.25, -0.2) is 0 Å². The van der Waals surface area contributed by atoms with E-state index in [1.54, 1.807) is 24.0 Å². The van der Waals surface area contributed by atoms with E-state index in [9.17, 15) is 0 Å². The van der Waals surface area contributed by atoms with Crippen molar-refractivity contribution in [3.8, 4) is 0 Å². The molecule has 1 unspecified atom stereocenters. The molecular formula is C10H15N3O2S. The average Bonchev–Trinajstić information content (AvgIpc) is 2.29. The van der Waals surface area contributed by atoms with Crippen molar-refractivity contribution in [1.29, 1.82) is 0 Å². The van der Waals surface area contributed by atoms with Gasteiger partial charge in [-0.15, -0.1) is 11.8 Å². The van der Waals surface area contributed by atoms with Crippen molar-refractivity contribution in [3.63, 3.8) is 0 Å². The fourth-order valence-electron chi connectivity index (χ4n) is 1.18. The lowest BCUT2D eigenvalue weighted by atomic mass is 10.3. The highest BCUT2D eigenvalue weighted by molar-refractivity contribution is 8.00. The maximum Gasteiger partial charge on any atom is 0.189 e. The van der Waals surface area contributed by atoms with Gasteiger partial charge >= 0.3 is 0 Å². The second-order valence-electron chi connectivity index (χ2n) is 3.28. The number of amidine groups is 1. The van der Waals surface area contributed by atoms with E-state index in [0.29, 0.717) is 12.1 Å². The Bertz CT molecular complexity index is 371. The van der Waals surface area contributed by atoms with Crippen molar-refractivity contribution >= 4 is 17.6 Å². The zero-order valence-corrected chi connectivity index (χ0v) is 9.81. The minimum atomic E-state index is -0.000650. The summed E-state index contributed by atoms with van der Waals surface area (Å²) in [5, 5.41) is 20.6. The van der Waals surface area contributed by atoms with Crippen LogP contribution in [0.4, 0.5) is 0 Å². The summed E-state index contributed by atoms with van der Waals surface area (Å²) in [5.41, 5.74) is 5.99. The molecule has 0 spiro atoms. The number of rotatable bonds is 5. The Labute approximate surface area is 98.4 Å². The molecule has 0 aliphatic heterocycles. The third-order valence-electron chi connectivity index (χ3n) is 1.98. The molecule has 1 aromatic heterocycles. The molecule has 0 aliphatic carbocycles. The van der Waals surface area contributed by atoms with E-state index >= 15 is 0 Å². The molecule has 0 radical (unpaired) electrons. The van der Waals surface area contributed by atoms with Crippen LogP contribution in [0.2, 0.25) is 0 Å². The number of oxime groups is 1. The van der Waals surface area contributed by atoms with Crippen LogP contribution in [0, 0.1) is 0 Å². The van der Waals surface area contributed by atoms with Gasteiger partial charge < -0.3 is 16.0 Å². The minimum Gasteiger partial charge on any atom is -0.409 e. The summed E-state index contributed by atoms with van der Waals surface area (Å²) < 4.78 is 0. The minimum absolute atomic E-state index is 0.000650. The van der Waals surface area contributed by atoms with Crippen LogP contribution >= 0.6 is 11.8 Å². The number of aliphatic hydroxyl groups excluding tert-OH is 1. The molecule has 0 bridgehead atoms. The third kappa shape index (κ3) is 3.39. The Balaban J connectivity index is 2.87. The number of hydrogen-bond acceptors (Lipinski definition) is 5. The van der Waals surface area contributed by atoms with E-state index in [-0.39, 0.29) is 17.7 Å². The summed E-state index contributed by atoms with van der Waals surface area (Å²) in [6.07, 6.45) is 2.28. The van der Waals surface area contributed by atoms with E-state index < -0.39 is 0 Å². The van der Waals surface area contributed by atoms with E-state index in [2.05, 4.69) is 10.1 Å². The van der Waals surface area contributed by atoms with E-state index in [4.69, 9.17) is 16.0 Å². The second kappa shape index (κ2) is 6.34. The maximum atomic E-state index is 8.82. The summed E-state index contributed by atoms with van der Waals surface area (Å²) in [6.45, 7) is 2.15. The fraction of sp³-hybridized carbons (Fsp3) is 0.400. The molecule has 0 saturated heterocycles. The Morgan fingerprint density at radius 1 is 1.69 bits per heavy atom. The predicted octanol–water partition coefficient (Wildman–Crippen LogP) is 1.04. The normalized spacial score (nSPS) is 13.8. The lowest BCUT2D eigenvalue weighted by Gasteiger charge is -2.11. The number of nitrogens with two attached hydrogens (primary N) is 1. The molecule has 1 aromatic rings. The molecule has 5 nitrogen and oxygen atoms in total. The predicted molar refractivity (Wildman–Crippen MR) is 63.8 cm³/mol. The number of aliphatic hydroxyl groups is 1. The number of thioether (sulfide) groups is 1. The molecule has 1 heterocycles. The van der Waals surface area contributed by atoms with E-state index in [1.807, 2.05) is 13.0 Å². The SMILES string of the molecule is CC(CCO)Sc1cccnc1/C(N)=N/O. The van der Waals surface area contributed by atoms with Crippen LogP contribution < -0.4 is 5.73 Å². The first-order chi connectivity index (χ1) is 7.69. The standard InChI is InChI=1S/C10H15N3O2S/c1-7(4-6-14)16-8-3-2-5-12-9(8)10(11)13-15/h2-3,5,7,14-15H,4,6H2,1H3,(H2,11,13). The van der Waals surface area contributed by atoms with Gasteiger partial charge in [-0.2, -0.15) is 0 Å². The molecule has 0 fully saturated rings. The molecule has 16 heavy (non-hydrogen) atoms. The van der Waals surface area contributed by atoms with Gasteiger partial charge in [0.25, 0.3) is 0 Å². The summed E-state index contributed by atoms with van der Waals surface area (Å²) >= 11 is 1.54. The Hall–Kier alpha value is -1.27. The van der Waals surface area contributed by atoms with Gasteiger partial charge in [0.05, 0.1) is 0 Å². The van der Waals surface area contributed by atoms with Gasteiger partial charge in [0, 0.05) is 22.9 Å². The van der Waals surface area contributed by atoms with Crippen LogP contribution in [0.1, 0.15) is 19.0 Å². The topological polar surface area (TPSA) is 91.7 Å². The Morgan fingerprint density at radius 3 is 3.06 bits per heavy atom. The van der Waals surface area contributed by atoms with Crippen molar-refractivity contribution in [3.05, 3.63) is 24.0 Å². The summed E-state index contributed by atoms with van der Waals surface area (Å²) in [5.74, 6) is -0.000650. The van der Waals surface area contributed by atoms with Crippen LogP contribution in [0.15, 0.2) is 28.4 Å². The van der Waals surface area contributed by atoms with E-state index in [0.717, 1.165) is 4.90 Å². The molecule has 0 amide bonds. The van der Waals surface area contributed by atoms with Gasteiger partial charge in [0.2, 0.25) is 0 Å². The van der Waals surface area contributed by atoms with Crippen LogP contribution in [-0.2, 0) is 0 Å². The zero-order chi connectivity index (χ0) is 12.0. The highest BCUT2D eigenvalue weighted by atomic mass is 32.2. The fourth-order valence-corrected chi connectivity index (χ4v) is 2.27. The van der Waals surface area contributed by atoms with Crippen molar-refractivity contribution < 1.29 is 10.3 Å². The number of pyridine rings is 1. The van der Waals surface area contributed by atoms with Crippen molar-refractivity contribution in [2.24, 2.45) is 10.9 Å². The third-order valence-corrected chi connectivity index (χ3v) is 3.21. The van der Waals surface area contributed by atoms with Crippen molar-refractivity contribution in [2.75, 3.05) is 6.61 Å². The molecule has 0 aromatic carbocycles. The van der Waals surface area contributed by atoms with Crippen LogP contribution in [0.25, 0.3) is 0 Å². The molecular weight excluding hydrogens is 226 g/mol. The monoisotopic (exact) mass is 241 g/mol. The molecule has 1 atom stereocenters. The van der Waals surface area contributed by atoms with Gasteiger partial charge in [0.15, 0.2) is 5.84 Å². The lowest BCUT2D eigenvalue weighted by molar-refractivity contribution is 0.289. The number of nitrogens with zero attached hydrogens (tertiary/aromatic N) is 2. The van der Waals surface area contributed by atoms with Gasteiger partial charge in [-0.1, -0.05) is 12.1 Å². The first-order valence-electron chi connectivity index (χ1n) is 4.89. The average molecular weight is 241 g/mol. The lowest BCUT2D eigenvalue weighted by Crippen LogP contribution is -2.16. The summed E-state index contributed by atoms with van der Waals surface area (Å²) in [6, 6.07) is 3.65. The molecule has 6 heteroatoms. The first-order valence-corrected chi connectivity index (χ1v) is 5.77. The molecule has 1 rings (SSSR count). The zero-order valence-electron chi connectivity index (χ0n) is 9.00. The van der Waals surface area contributed by atoms with Crippen molar-refractivity contribution in [2.45, 2.75) is 23.5 Å². The Kier molecular flexibility index (Phi) is 5.07. The van der Waals surface area contributed by atoms with Gasteiger partial charge in [-0.3, -0.25) is 4.98 Å². The molecule has 0 aliphatic rings. The van der Waals surface area contributed by atoms with Crippen molar-refractivity contribution in [1.82, 2.24) is 4.98 Å². The van der Waals surface area contributed by atoms with E-state index in [1.165, 1.54) is 0 Å². The quantitative estimate of drug-likeness (QED) is 0.235. The number of aromatic nitrogens is 1. The molecule has 0 saturated carbocycles.